The molecular formula is C16H27BrN2. The minimum absolute atomic E-state index is 0.346. The van der Waals surface area contributed by atoms with Crippen LogP contribution in [0.3, 0.4) is 0 Å². The minimum Gasteiger partial charge on any atom is -0.378 e. The number of rotatable bonds is 6. The topological polar surface area (TPSA) is 6.48 Å². The predicted molar refractivity (Wildman–Crippen MR) is 88.5 cm³/mol. The van der Waals surface area contributed by atoms with Gasteiger partial charge in [-0.25, -0.2) is 0 Å². The van der Waals surface area contributed by atoms with Crippen LogP contribution in [0.1, 0.15) is 34.1 Å². The van der Waals surface area contributed by atoms with Crippen molar-refractivity contribution in [1.29, 1.82) is 0 Å². The molecule has 1 unspecified atom stereocenters. The third-order valence-corrected chi connectivity index (χ3v) is 4.70. The molecule has 0 aromatic rings. The fourth-order valence-corrected chi connectivity index (χ4v) is 2.79. The molecule has 19 heavy (non-hydrogen) atoms. The predicted octanol–water partition coefficient (Wildman–Crippen LogP) is 4.16. The summed E-state index contributed by atoms with van der Waals surface area (Å²) < 4.78 is 0. The van der Waals surface area contributed by atoms with Gasteiger partial charge in [-0.3, -0.25) is 0 Å². The van der Waals surface area contributed by atoms with Gasteiger partial charge in [0.05, 0.1) is 4.83 Å². The minimum atomic E-state index is 0.346. The molecule has 0 aliphatic heterocycles. The molecule has 0 aromatic heterocycles. The lowest BCUT2D eigenvalue weighted by molar-refractivity contribution is 0.411. The van der Waals surface area contributed by atoms with E-state index in [1.807, 2.05) is 0 Å². The van der Waals surface area contributed by atoms with Crippen molar-refractivity contribution in [3.8, 4) is 0 Å². The van der Waals surface area contributed by atoms with Crippen LogP contribution in [0.5, 0.6) is 0 Å². The molecule has 108 valence electrons. The van der Waals surface area contributed by atoms with Crippen LogP contribution in [-0.2, 0) is 0 Å². The zero-order valence-electron chi connectivity index (χ0n) is 12.7. The number of halogens is 1. The van der Waals surface area contributed by atoms with E-state index >= 15 is 0 Å². The molecule has 1 atom stereocenters. The second-order valence-electron chi connectivity index (χ2n) is 4.74. The summed E-state index contributed by atoms with van der Waals surface area (Å²) in [6.45, 7) is 13.1. The monoisotopic (exact) mass is 326 g/mol. The highest BCUT2D eigenvalue weighted by Gasteiger charge is 2.18. The van der Waals surface area contributed by atoms with Gasteiger partial charge in [0, 0.05) is 32.4 Å². The summed E-state index contributed by atoms with van der Waals surface area (Å²) >= 11 is 3.85. The van der Waals surface area contributed by atoms with E-state index in [0.29, 0.717) is 4.83 Å². The Balaban J connectivity index is 2.89. The molecule has 2 nitrogen and oxygen atoms in total. The molecular weight excluding hydrogens is 300 g/mol. The highest BCUT2D eigenvalue weighted by atomic mass is 79.9. The Bertz CT molecular complexity index is 350. The van der Waals surface area contributed by atoms with E-state index in [9.17, 15) is 0 Å². The zero-order valence-corrected chi connectivity index (χ0v) is 14.3. The molecule has 0 aromatic carbocycles. The Morgan fingerprint density at radius 1 is 1.05 bits per heavy atom. The maximum absolute atomic E-state index is 3.85. The average molecular weight is 327 g/mol. The smallest absolute Gasteiger partial charge is 0.0638 e. The van der Waals surface area contributed by atoms with Crippen LogP contribution in [0, 0.1) is 0 Å². The lowest BCUT2D eigenvalue weighted by Gasteiger charge is -2.26. The average Bonchev–Trinajstić information content (AvgIpc) is 2.45. The molecule has 0 bridgehead atoms. The number of hydrogen-bond donors (Lipinski definition) is 0. The molecule has 0 radical (unpaired) electrons. The fourth-order valence-electron chi connectivity index (χ4n) is 2.22. The first kappa shape index (κ1) is 16.4. The summed E-state index contributed by atoms with van der Waals surface area (Å²) in [7, 11) is 0. The Labute approximate surface area is 127 Å². The van der Waals surface area contributed by atoms with E-state index in [2.05, 4.69) is 78.0 Å². The Hall–Kier alpha value is -0.700. The van der Waals surface area contributed by atoms with Gasteiger partial charge in [0.2, 0.25) is 0 Å². The van der Waals surface area contributed by atoms with Crippen molar-refractivity contribution in [3.05, 3.63) is 35.7 Å². The first-order valence-electron chi connectivity index (χ1n) is 7.37. The summed E-state index contributed by atoms with van der Waals surface area (Å²) in [5, 5.41) is 0. The standard InChI is InChI=1S/C16H27BrN2/c1-5-18(6-2)12-14-10-9-11-15(16(14)17)13-19(7-3)8-4/h9-10,12-13,16H,5-8,11H2,1-4H3/b14-12-,15-13+. The van der Waals surface area contributed by atoms with Gasteiger partial charge >= 0.3 is 0 Å². The SMILES string of the molecule is CCN(/C=C1/C=CC/C(=C\N(CC)CC)C1Br)CC. The number of alkyl halides is 1. The summed E-state index contributed by atoms with van der Waals surface area (Å²) in [6, 6.07) is 0. The van der Waals surface area contributed by atoms with E-state index in [1.165, 1.54) is 11.1 Å². The molecule has 0 N–H and O–H groups in total. The third kappa shape index (κ3) is 4.72. The first-order valence-corrected chi connectivity index (χ1v) is 8.28. The van der Waals surface area contributed by atoms with Crippen molar-refractivity contribution in [2.75, 3.05) is 26.2 Å². The van der Waals surface area contributed by atoms with Gasteiger partial charge in [0.1, 0.15) is 0 Å². The van der Waals surface area contributed by atoms with Crippen LogP contribution in [0.15, 0.2) is 35.7 Å². The van der Waals surface area contributed by atoms with Crippen LogP contribution in [0.25, 0.3) is 0 Å². The number of nitrogens with zero attached hydrogens (tertiary/aromatic N) is 2. The normalized spacial score (nSPS) is 23.1. The van der Waals surface area contributed by atoms with Crippen molar-refractivity contribution in [1.82, 2.24) is 9.80 Å². The molecule has 1 aliphatic rings. The molecule has 0 amide bonds. The van der Waals surface area contributed by atoms with Gasteiger partial charge in [-0.1, -0.05) is 28.1 Å². The summed E-state index contributed by atoms with van der Waals surface area (Å²) in [6.07, 6.45) is 10.2. The number of hydrogen-bond acceptors (Lipinski definition) is 2. The quantitative estimate of drug-likeness (QED) is 0.676. The van der Waals surface area contributed by atoms with Gasteiger partial charge in [-0.2, -0.15) is 0 Å². The third-order valence-electron chi connectivity index (χ3n) is 3.59. The van der Waals surface area contributed by atoms with Gasteiger partial charge in [-0.15, -0.1) is 0 Å². The molecule has 1 aliphatic carbocycles. The molecule has 0 fully saturated rings. The molecule has 1 rings (SSSR count). The van der Waals surface area contributed by atoms with E-state index in [-0.39, 0.29) is 0 Å². The molecule has 0 saturated heterocycles. The van der Waals surface area contributed by atoms with Crippen molar-refractivity contribution in [2.45, 2.75) is 38.9 Å². The summed E-state index contributed by atoms with van der Waals surface area (Å²) in [4.78, 5) is 5.05. The van der Waals surface area contributed by atoms with Crippen LogP contribution in [-0.4, -0.2) is 40.8 Å². The van der Waals surface area contributed by atoms with Crippen LogP contribution >= 0.6 is 15.9 Å². The van der Waals surface area contributed by atoms with Crippen molar-refractivity contribution in [2.24, 2.45) is 0 Å². The van der Waals surface area contributed by atoms with Crippen molar-refractivity contribution < 1.29 is 0 Å². The Morgan fingerprint density at radius 3 is 2.11 bits per heavy atom. The van der Waals surface area contributed by atoms with Crippen molar-refractivity contribution in [3.63, 3.8) is 0 Å². The highest BCUT2D eigenvalue weighted by Crippen LogP contribution is 2.30. The molecule has 0 spiro atoms. The summed E-state index contributed by atoms with van der Waals surface area (Å²) in [5.41, 5.74) is 2.80. The lowest BCUT2D eigenvalue weighted by Crippen LogP contribution is -2.22. The van der Waals surface area contributed by atoms with E-state index in [1.54, 1.807) is 0 Å². The van der Waals surface area contributed by atoms with Crippen molar-refractivity contribution >= 4 is 15.9 Å². The van der Waals surface area contributed by atoms with Crippen LogP contribution in [0.4, 0.5) is 0 Å². The second-order valence-corrected chi connectivity index (χ2v) is 5.66. The van der Waals surface area contributed by atoms with Gasteiger partial charge < -0.3 is 9.80 Å². The molecule has 3 heteroatoms. The Morgan fingerprint density at radius 2 is 1.58 bits per heavy atom. The van der Waals surface area contributed by atoms with Gasteiger partial charge in [0.15, 0.2) is 0 Å². The molecule has 0 saturated carbocycles. The van der Waals surface area contributed by atoms with E-state index < -0.39 is 0 Å². The van der Waals surface area contributed by atoms with E-state index in [0.717, 1.165) is 32.6 Å². The zero-order chi connectivity index (χ0) is 14.3. The largest absolute Gasteiger partial charge is 0.378 e. The van der Waals surface area contributed by atoms with Gasteiger partial charge in [-0.05, 0) is 51.5 Å². The summed E-state index contributed by atoms with van der Waals surface area (Å²) in [5.74, 6) is 0. The van der Waals surface area contributed by atoms with Crippen LogP contribution in [0.2, 0.25) is 0 Å². The Kier molecular flexibility index (Phi) is 7.29. The fraction of sp³-hybridized carbons (Fsp3) is 0.625. The first-order chi connectivity index (χ1) is 9.15. The van der Waals surface area contributed by atoms with E-state index in [4.69, 9.17) is 0 Å². The maximum Gasteiger partial charge on any atom is 0.0638 e. The number of allylic oxidation sites excluding steroid dienone is 4. The molecule has 0 heterocycles. The second kappa shape index (κ2) is 8.47. The highest BCUT2D eigenvalue weighted by molar-refractivity contribution is 9.09. The maximum atomic E-state index is 3.85. The van der Waals surface area contributed by atoms with Crippen LogP contribution < -0.4 is 0 Å². The van der Waals surface area contributed by atoms with Gasteiger partial charge in [0.25, 0.3) is 0 Å². The lowest BCUT2D eigenvalue weighted by atomic mass is 9.97.